The lowest BCUT2D eigenvalue weighted by Crippen LogP contribution is -2.25. The Morgan fingerprint density at radius 2 is 1.90 bits per heavy atom. The maximum atomic E-state index is 12.1. The van der Waals surface area contributed by atoms with Crippen molar-refractivity contribution in [1.82, 2.24) is 9.71 Å². The van der Waals surface area contributed by atoms with Crippen LogP contribution in [0.15, 0.2) is 40.9 Å². The summed E-state index contributed by atoms with van der Waals surface area (Å²) in [5.74, 6) is 0. The fraction of sp³-hybridized carbons (Fsp3) is 0.308. The van der Waals surface area contributed by atoms with Crippen molar-refractivity contribution in [2.75, 3.05) is 13.1 Å². The van der Waals surface area contributed by atoms with Gasteiger partial charge in [0.05, 0.1) is 0 Å². The van der Waals surface area contributed by atoms with Crippen molar-refractivity contribution in [2.24, 2.45) is 5.73 Å². The van der Waals surface area contributed by atoms with Crippen LogP contribution in [0, 0.1) is 0 Å². The number of thiophene rings is 1. The van der Waals surface area contributed by atoms with E-state index >= 15 is 0 Å². The molecule has 0 unspecified atom stereocenters. The number of rotatable bonds is 7. The molecule has 0 aromatic carbocycles. The molecule has 0 fully saturated rings. The Kier molecular flexibility index (Phi) is 5.24. The lowest BCUT2D eigenvalue weighted by atomic mass is 10.2. The van der Waals surface area contributed by atoms with Gasteiger partial charge in [-0.1, -0.05) is 0 Å². The van der Waals surface area contributed by atoms with Gasteiger partial charge in [0.15, 0.2) is 0 Å². The minimum atomic E-state index is -3.42. The zero-order chi connectivity index (χ0) is 14.4. The van der Waals surface area contributed by atoms with Crippen LogP contribution in [0.4, 0.5) is 0 Å². The van der Waals surface area contributed by atoms with Gasteiger partial charge in [0, 0.05) is 23.8 Å². The largest absolute Gasteiger partial charge is 0.330 e. The Balaban J connectivity index is 1.93. The quantitative estimate of drug-likeness (QED) is 0.803. The van der Waals surface area contributed by atoms with Crippen LogP contribution in [0.3, 0.4) is 0 Å². The average molecular weight is 311 g/mol. The molecule has 0 spiro atoms. The van der Waals surface area contributed by atoms with Gasteiger partial charge < -0.3 is 5.73 Å². The van der Waals surface area contributed by atoms with E-state index in [4.69, 9.17) is 5.73 Å². The molecule has 0 bridgehead atoms. The van der Waals surface area contributed by atoms with Crippen molar-refractivity contribution in [3.63, 3.8) is 0 Å². The number of nitrogens with one attached hydrogen (secondary N) is 1. The monoisotopic (exact) mass is 311 g/mol. The van der Waals surface area contributed by atoms with E-state index in [-0.39, 0.29) is 0 Å². The first kappa shape index (κ1) is 15.1. The maximum Gasteiger partial charge on any atom is 0.250 e. The molecule has 2 heterocycles. The lowest BCUT2D eigenvalue weighted by Gasteiger charge is -2.04. The number of sulfonamides is 1. The van der Waals surface area contributed by atoms with E-state index < -0.39 is 10.0 Å². The normalized spacial score (nSPS) is 11.7. The second-order valence-electron chi connectivity index (χ2n) is 4.26. The Hall–Kier alpha value is -1.28. The average Bonchev–Trinajstić information content (AvgIpc) is 2.90. The molecule has 0 aliphatic rings. The zero-order valence-corrected chi connectivity index (χ0v) is 12.6. The summed E-state index contributed by atoms with van der Waals surface area (Å²) in [5.41, 5.74) is 6.51. The summed E-state index contributed by atoms with van der Waals surface area (Å²) >= 11 is 1.27. The van der Waals surface area contributed by atoms with E-state index in [2.05, 4.69) is 9.71 Å². The first-order valence-electron chi connectivity index (χ1n) is 6.29. The van der Waals surface area contributed by atoms with Crippen LogP contribution in [-0.4, -0.2) is 26.5 Å². The minimum absolute atomic E-state index is 0.343. The minimum Gasteiger partial charge on any atom is -0.330 e. The van der Waals surface area contributed by atoms with Gasteiger partial charge in [0.25, 0.3) is 0 Å². The van der Waals surface area contributed by atoms with Crippen LogP contribution in [0.2, 0.25) is 0 Å². The predicted molar refractivity (Wildman–Crippen MR) is 80.2 cm³/mol. The molecular weight excluding hydrogens is 294 g/mol. The Morgan fingerprint density at radius 1 is 1.15 bits per heavy atom. The molecule has 0 atom stereocenters. The van der Waals surface area contributed by atoms with Crippen molar-refractivity contribution in [1.29, 1.82) is 0 Å². The Morgan fingerprint density at radius 3 is 2.60 bits per heavy atom. The molecule has 5 nitrogen and oxygen atoms in total. The van der Waals surface area contributed by atoms with Crippen molar-refractivity contribution < 1.29 is 8.42 Å². The van der Waals surface area contributed by atoms with Crippen molar-refractivity contribution in [3.05, 3.63) is 47.1 Å². The number of aromatic nitrogens is 1. The summed E-state index contributed by atoms with van der Waals surface area (Å²) < 4.78 is 27.1. The van der Waals surface area contributed by atoms with Gasteiger partial charge in [-0.05, 0) is 49.2 Å². The Bertz CT molecular complexity index is 639. The van der Waals surface area contributed by atoms with E-state index in [0.29, 0.717) is 30.1 Å². The highest BCUT2D eigenvalue weighted by Gasteiger charge is 2.15. The number of hydrogen-bond acceptors (Lipinski definition) is 5. The third kappa shape index (κ3) is 4.11. The first-order chi connectivity index (χ1) is 9.62. The molecule has 20 heavy (non-hydrogen) atoms. The van der Waals surface area contributed by atoms with Crippen molar-refractivity contribution in [2.45, 2.75) is 17.1 Å². The summed E-state index contributed by atoms with van der Waals surface area (Å²) in [6.07, 6.45) is 4.74. The number of pyridine rings is 1. The van der Waals surface area contributed by atoms with Crippen LogP contribution >= 0.6 is 11.3 Å². The van der Waals surface area contributed by atoms with Gasteiger partial charge >= 0.3 is 0 Å². The number of nitrogens with zero attached hydrogens (tertiary/aromatic N) is 1. The summed E-state index contributed by atoms with van der Waals surface area (Å²) in [5, 5.41) is 0. The number of nitrogens with two attached hydrogens (primary N) is 1. The topological polar surface area (TPSA) is 85.1 Å². The molecule has 0 aliphatic heterocycles. The highest BCUT2D eigenvalue weighted by molar-refractivity contribution is 7.91. The third-order valence-corrected chi connectivity index (χ3v) is 5.85. The predicted octanol–water partition coefficient (Wildman–Crippen LogP) is 1.17. The molecule has 0 saturated heterocycles. The Labute approximate surface area is 122 Å². The molecule has 0 amide bonds. The van der Waals surface area contributed by atoms with Crippen LogP contribution in [0.5, 0.6) is 0 Å². The first-order valence-corrected chi connectivity index (χ1v) is 8.59. The van der Waals surface area contributed by atoms with E-state index in [1.165, 1.54) is 11.3 Å². The van der Waals surface area contributed by atoms with E-state index in [1.807, 2.05) is 18.2 Å². The van der Waals surface area contributed by atoms with Crippen molar-refractivity contribution >= 4 is 21.4 Å². The molecule has 2 rings (SSSR count). The fourth-order valence-electron chi connectivity index (χ4n) is 1.73. The van der Waals surface area contributed by atoms with Crippen LogP contribution < -0.4 is 10.5 Å². The third-order valence-electron chi connectivity index (χ3n) is 2.75. The molecular formula is C13H17N3O2S2. The molecule has 108 valence electrons. The van der Waals surface area contributed by atoms with Gasteiger partial charge in [-0.2, -0.15) is 0 Å². The highest BCUT2D eigenvalue weighted by Crippen LogP contribution is 2.21. The highest BCUT2D eigenvalue weighted by atomic mass is 32.2. The molecule has 0 radical (unpaired) electrons. The van der Waals surface area contributed by atoms with Crippen LogP contribution in [0.25, 0.3) is 0 Å². The zero-order valence-electron chi connectivity index (χ0n) is 11.0. The number of hydrogen-bond donors (Lipinski definition) is 2. The summed E-state index contributed by atoms with van der Waals surface area (Å²) in [7, 11) is -3.42. The van der Waals surface area contributed by atoms with E-state index in [0.717, 1.165) is 10.4 Å². The van der Waals surface area contributed by atoms with Gasteiger partial charge in [-0.25, -0.2) is 13.1 Å². The molecule has 2 aromatic heterocycles. The smallest absolute Gasteiger partial charge is 0.250 e. The standard InChI is InChI=1S/C13H17N3O2S2/c14-7-3-12-1-2-13(19-12)20(17,18)16-10-6-11-4-8-15-9-5-11/h1-2,4-5,8-9,16H,3,6-7,10,14H2. The molecule has 0 saturated carbocycles. The molecule has 0 aliphatic carbocycles. The summed E-state index contributed by atoms with van der Waals surface area (Å²) in [6, 6.07) is 7.19. The molecule has 3 N–H and O–H groups in total. The van der Waals surface area contributed by atoms with Crippen molar-refractivity contribution in [3.8, 4) is 0 Å². The van der Waals surface area contributed by atoms with E-state index in [1.54, 1.807) is 18.5 Å². The SMILES string of the molecule is NCCc1ccc(S(=O)(=O)NCCc2ccncc2)s1. The maximum absolute atomic E-state index is 12.1. The van der Waals surface area contributed by atoms with Crippen LogP contribution in [0.1, 0.15) is 10.4 Å². The summed E-state index contributed by atoms with van der Waals surface area (Å²) in [4.78, 5) is 4.91. The fourth-order valence-corrected chi connectivity index (χ4v) is 4.18. The molecule has 2 aromatic rings. The van der Waals surface area contributed by atoms with Gasteiger partial charge in [0.2, 0.25) is 10.0 Å². The van der Waals surface area contributed by atoms with Crippen LogP contribution in [-0.2, 0) is 22.9 Å². The van der Waals surface area contributed by atoms with Gasteiger partial charge in [0.1, 0.15) is 4.21 Å². The second kappa shape index (κ2) is 6.94. The van der Waals surface area contributed by atoms with Gasteiger partial charge in [-0.3, -0.25) is 4.98 Å². The van der Waals surface area contributed by atoms with Gasteiger partial charge in [-0.15, -0.1) is 11.3 Å². The summed E-state index contributed by atoms with van der Waals surface area (Å²) in [6.45, 7) is 0.895. The van der Waals surface area contributed by atoms with E-state index in [9.17, 15) is 8.42 Å². The molecule has 7 heteroatoms. The lowest BCUT2D eigenvalue weighted by molar-refractivity contribution is 0.584. The second-order valence-corrected chi connectivity index (χ2v) is 7.42.